The van der Waals surface area contributed by atoms with E-state index in [2.05, 4.69) is 15.5 Å². The molecule has 0 radical (unpaired) electrons. The first-order valence-corrected chi connectivity index (χ1v) is 11.6. The van der Waals surface area contributed by atoms with Crippen molar-refractivity contribution in [2.75, 3.05) is 18.4 Å². The molecule has 1 aliphatic heterocycles. The van der Waals surface area contributed by atoms with Crippen LogP contribution in [0.1, 0.15) is 30.7 Å². The molecule has 3 aromatic rings. The molecule has 1 aromatic carbocycles. The van der Waals surface area contributed by atoms with Crippen molar-refractivity contribution < 1.29 is 12.9 Å². The maximum atomic E-state index is 12.9. The van der Waals surface area contributed by atoms with Gasteiger partial charge in [0.1, 0.15) is 0 Å². The van der Waals surface area contributed by atoms with Crippen molar-refractivity contribution in [3.63, 3.8) is 0 Å². The van der Waals surface area contributed by atoms with Crippen LogP contribution in [0.5, 0.6) is 0 Å². The minimum absolute atomic E-state index is 0.312. The lowest BCUT2D eigenvalue weighted by Gasteiger charge is -2.26. The average molecular weight is 419 g/mol. The van der Waals surface area contributed by atoms with Crippen LogP contribution >= 0.6 is 11.3 Å². The molecular weight excluding hydrogens is 396 g/mol. The largest absolute Gasteiger partial charge is 0.376 e. The van der Waals surface area contributed by atoms with Gasteiger partial charge in [-0.25, -0.2) is 8.42 Å². The van der Waals surface area contributed by atoms with Crippen molar-refractivity contribution in [3.8, 4) is 10.7 Å². The molecule has 1 fully saturated rings. The topological polar surface area (TPSA) is 88.3 Å². The molecule has 1 saturated heterocycles. The predicted octanol–water partition coefficient (Wildman–Crippen LogP) is 3.89. The summed E-state index contributed by atoms with van der Waals surface area (Å²) >= 11 is 1.55. The Morgan fingerprint density at radius 1 is 1.21 bits per heavy atom. The monoisotopic (exact) mass is 418 g/mol. The second-order valence-corrected chi connectivity index (χ2v) is 9.67. The Hall–Kier alpha value is -2.23. The van der Waals surface area contributed by atoms with Gasteiger partial charge in [-0.3, -0.25) is 0 Å². The highest BCUT2D eigenvalue weighted by Crippen LogP contribution is 2.26. The summed E-state index contributed by atoms with van der Waals surface area (Å²) in [6.07, 6.45) is 2.92. The fourth-order valence-corrected chi connectivity index (χ4v) is 5.40. The molecule has 1 N–H and O–H groups in total. The van der Waals surface area contributed by atoms with E-state index in [0.29, 0.717) is 36.2 Å². The normalized spacial score (nSPS) is 15.6. The molecule has 148 valence electrons. The second kappa shape index (κ2) is 8.02. The standard InChI is InChI=1S/C19H22N4O3S2/c1-14-7-8-15(28(24,25)23-9-3-2-4-10-23)12-16(14)20-13-18-21-19(22-26-18)17-6-5-11-27-17/h5-8,11-12,20H,2-4,9-10,13H2,1H3. The lowest BCUT2D eigenvalue weighted by molar-refractivity contribution is 0.346. The minimum Gasteiger partial charge on any atom is -0.376 e. The van der Waals surface area contributed by atoms with Crippen molar-refractivity contribution in [1.82, 2.24) is 14.4 Å². The number of hydrogen-bond acceptors (Lipinski definition) is 7. The molecule has 0 spiro atoms. The third-order valence-electron chi connectivity index (χ3n) is 4.80. The molecular formula is C19H22N4O3S2. The second-order valence-electron chi connectivity index (χ2n) is 6.78. The molecule has 0 atom stereocenters. The number of rotatable bonds is 6. The number of anilines is 1. The molecule has 0 aliphatic carbocycles. The Morgan fingerprint density at radius 3 is 2.79 bits per heavy atom. The SMILES string of the molecule is Cc1ccc(S(=O)(=O)N2CCCCC2)cc1NCc1nc(-c2cccs2)no1. The van der Waals surface area contributed by atoms with Crippen molar-refractivity contribution in [3.05, 3.63) is 47.2 Å². The molecule has 4 rings (SSSR count). The molecule has 1 aliphatic rings. The fourth-order valence-electron chi connectivity index (χ4n) is 3.21. The smallest absolute Gasteiger partial charge is 0.246 e. The summed E-state index contributed by atoms with van der Waals surface area (Å²) < 4.78 is 32.7. The molecule has 28 heavy (non-hydrogen) atoms. The number of hydrogen-bond donors (Lipinski definition) is 1. The van der Waals surface area contributed by atoms with Gasteiger partial charge in [-0.1, -0.05) is 23.7 Å². The van der Waals surface area contributed by atoms with Gasteiger partial charge >= 0.3 is 0 Å². The number of aromatic nitrogens is 2. The van der Waals surface area contributed by atoms with Crippen molar-refractivity contribution >= 4 is 27.0 Å². The number of benzene rings is 1. The van der Waals surface area contributed by atoms with Crippen LogP contribution in [0.15, 0.2) is 45.1 Å². The zero-order chi connectivity index (χ0) is 19.6. The van der Waals surface area contributed by atoms with Crippen LogP contribution in [-0.4, -0.2) is 36.0 Å². The maximum Gasteiger partial charge on any atom is 0.246 e. The number of nitrogens with one attached hydrogen (secondary N) is 1. The minimum atomic E-state index is -3.47. The maximum absolute atomic E-state index is 12.9. The van der Waals surface area contributed by atoms with Gasteiger partial charge in [0.25, 0.3) is 0 Å². The Kier molecular flexibility index (Phi) is 5.47. The van der Waals surface area contributed by atoms with Gasteiger partial charge in [0.05, 0.1) is 16.3 Å². The van der Waals surface area contributed by atoms with Crippen molar-refractivity contribution in [2.45, 2.75) is 37.6 Å². The van der Waals surface area contributed by atoms with Crippen molar-refractivity contribution in [1.29, 1.82) is 0 Å². The number of sulfonamides is 1. The Bertz CT molecular complexity index is 1040. The Labute approximate surface area is 168 Å². The molecule has 9 heteroatoms. The third kappa shape index (κ3) is 3.96. The van der Waals surface area contributed by atoms with E-state index in [1.807, 2.05) is 30.5 Å². The van der Waals surface area contributed by atoms with Crippen LogP contribution in [0, 0.1) is 6.92 Å². The van der Waals surface area contributed by atoms with Crippen LogP contribution in [-0.2, 0) is 16.6 Å². The number of nitrogens with zero attached hydrogens (tertiary/aromatic N) is 3. The summed E-state index contributed by atoms with van der Waals surface area (Å²) in [5.74, 6) is 1.01. The van der Waals surface area contributed by atoms with E-state index in [1.54, 1.807) is 27.8 Å². The van der Waals surface area contributed by atoms with E-state index >= 15 is 0 Å². The van der Waals surface area contributed by atoms with Gasteiger partial charge in [0.15, 0.2) is 0 Å². The molecule has 0 unspecified atom stereocenters. The predicted molar refractivity (Wildman–Crippen MR) is 109 cm³/mol. The first-order valence-electron chi connectivity index (χ1n) is 9.25. The van der Waals surface area contributed by atoms with E-state index in [-0.39, 0.29) is 0 Å². The van der Waals surface area contributed by atoms with E-state index in [9.17, 15) is 8.42 Å². The van der Waals surface area contributed by atoms with E-state index in [0.717, 1.165) is 35.4 Å². The average Bonchev–Trinajstić information content (AvgIpc) is 3.39. The number of thiophene rings is 1. The summed E-state index contributed by atoms with van der Waals surface area (Å²) in [7, 11) is -3.47. The number of piperidine rings is 1. The van der Waals surface area contributed by atoms with E-state index < -0.39 is 10.0 Å². The Balaban J connectivity index is 1.50. The summed E-state index contributed by atoms with van der Waals surface area (Å²) in [5.41, 5.74) is 1.70. The molecule has 0 saturated carbocycles. The molecule has 2 aromatic heterocycles. The highest BCUT2D eigenvalue weighted by Gasteiger charge is 2.26. The van der Waals surface area contributed by atoms with Crippen LogP contribution in [0.2, 0.25) is 0 Å². The lowest BCUT2D eigenvalue weighted by Crippen LogP contribution is -2.35. The number of aryl methyl sites for hydroxylation is 1. The van der Waals surface area contributed by atoms with E-state index in [4.69, 9.17) is 4.52 Å². The van der Waals surface area contributed by atoms with Gasteiger partial charge in [0.2, 0.25) is 21.7 Å². The summed E-state index contributed by atoms with van der Waals surface area (Å²) in [6, 6.07) is 9.06. The summed E-state index contributed by atoms with van der Waals surface area (Å²) in [5, 5.41) is 9.18. The highest BCUT2D eigenvalue weighted by atomic mass is 32.2. The van der Waals surface area contributed by atoms with Crippen LogP contribution in [0.25, 0.3) is 10.7 Å². The van der Waals surface area contributed by atoms with Crippen LogP contribution < -0.4 is 5.32 Å². The molecule has 0 amide bonds. The van der Waals surface area contributed by atoms with Gasteiger partial charge in [-0.2, -0.15) is 9.29 Å². The third-order valence-corrected chi connectivity index (χ3v) is 7.56. The zero-order valence-electron chi connectivity index (χ0n) is 15.6. The summed E-state index contributed by atoms with van der Waals surface area (Å²) in [4.78, 5) is 5.64. The fraction of sp³-hybridized carbons (Fsp3) is 0.368. The summed E-state index contributed by atoms with van der Waals surface area (Å²) in [6.45, 7) is 3.44. The van der Waals surface area contributed by atoms with Crippen LogP contribution in [0.3, 0.4) is 0 Å². The van der Waals surface area contributed by atoms with Gasteiger partial charge in [-0.15, -0.1) is 11.3 Å². The highest BCUT2D eigenvalue weighted by molar-refractivity contribution is 7.89. The van der Waals surface area contributed by atoms with E-state index in [1.165, 1.54) is 0 Å². The van der Waals surface area contributed by atoms with Gasteiger partial charge < -0.3 is 9.84 Å². The first kappa shape index (κ1) is 19.1. The molecule has 7 nitrogen and oxygen atoms in total. The van der Waals surface area contributed by atoms with Crippen LogP contribution in [0.4, 0.5) is 5.69 Å². The van der Waals surface area contributed by atoms with Gasteiger partial charge in [-0.05, 0) is 48.9 Å². The van der Waals surface area contributed by atoms with Gasteiger partial charge in [0, 0.05) is 18.8 Å². The lowest BCUT2D eigenvalue weighted by atomic mass is 10.2. The zero-order valence-corrected chi connectivity index (χ0v) is 17.2. The first-order chi connectivity index (χ1) is 13.5. The molecule has 3 heterocycles. The quantitative estimate of drug-likeness (QED) is 0.653. The Morgan fingerprint density at radius 2 is 2.04 bits per heavy atom. The van der Waals surface area contributed by atoms with Crippen molar-refractivity contribution in [2.24, 2.45) is 0 Å². The molecule has 0 bridgehead atoms.